The largest absolute Gasteiger partial charge is 0.333 e. The van der Waals surface area contributed by atoms with E-state index in [9.17, 15) is 14.4 Å². The molecule has 41 heavy (non-hydrogen) atoms. The molecule has 2 aliphatic heterocycles. The number of urea groups is 1. The van der Waals surface area contributed by atoms with Crippen LogP contribution in [0.25, 0.3) is 10.9 Å². The van der Waals surface area contributed by atoms with Crippen molar-refractivity contribution in [2.24, 2.45) is 0 Å². The summed E-state index contributed by atoms with van der Waals surface area (Å²) in [6.07, 6.45) is 1.66. The van der Waals surface area contributed by atoms with Crippen LogP contribution in [0.4, 0.5) is 4.79 Å². The van der Waals surface area contributed by atoms with E-state index >= 15 is 0 Å². The first-order valence-electron chi connectivity index (χ1n) is 13.8. The van der Waals surface area contributed by atoms with Crippen molar-refractivity contribution in [1.29, 1.82) is 0 Å². The Morgan fingerprint density at radius 1 is 0.927 bits per heavy atom. The fraction of sp³-hybridized carbons (Fsp3) is 0.250. The Labute approximate surface area is 238 Å². The molecular formula is C32H32N6O3. The Balaban J connectivity index is 1.28. The molecule has 4 aromatic rings. The molecule has 0 unspecified atom stereocenters. The predicted octanol–water partition coefficient (Wildman–Crippen LogP) is 3.42. The second kappa shape index (κ2) is 11.4. The summed E-state index contributed by atoms with van der Waals surface area (Å²) in [5, 5.41) is 7.18. The number of benzene rings is 3. The highest BCUT2D eigenvalue weighted by Crippen LogP contribution is 2.30. The van der Waals surface area contributed by atoms with E-state index < -0.39 is 12.2 Å². The Bertz CT molecular complexity index is 1560. The number of fused-ring (bicyclic) bond motifs is 2. The molecule has 0 spiro atoms. The molecule has 6 rings (SSSR count). The lowest BCUT2D eigenvalue weighted by molar-refractivity contribution is -0.157. The number of rotatable bonds is 7. The lowest BCUT2D eigenvalue weighted by Crippen LogP contribution is -2.65. The Kier molecular flexibility index (Phi) is 7.35. The zero-order valence-corrected chi connectivity index (χ0v) is 22.9. The van der Waals surface area contributed by atoms with E-state index in [2.05, 4.69) is 10.3 Å². The van der Waals surface area contributed by atoms with Crippen molar-refractivity contribution < 1.29 is 14.4 Å². The molecule has 4 amide bonds. The van der Waals surface area contributed by atoms with Gasteiger partial charge in [0.1, 0.15) is 12.2 Å². The number of pyridine rings is 1. The molecule has 1 aromatic heterocycles. The molecule has 1 N–H and O–H groups in total. The number of hydrogen-bond donors (Lipinski definition) is 1. The van der Waals surface area contributed by atoms with Crippen LogP contribution in [0.3, 0.4) is 0 Å². The Morgan fingerprint density at radius 3 is 2.39 bits per heavy atom. The molecule has 2 fully saturated rings. The van der Waals surface area contributed by atoms with Crippen molar-refractivity contribution >= 4 is 28.7 Å². The third-order valence-corrected chi connectivity index (χ3v) is 7.88. The van der Waals surface area contributed by atoms with Crippen LogP contribution in [0, 0.1) is 0 Å². The third-order valence-electron chi connectivity index (χ3n) is 7.88. The molecule has 0 bridgehead atoms. The van der Waals surface area contributed by atoms with E-state index in [1.165, 1.54) is 5.01 Å². The highest BCUT2D eigenvalue weighted by Gasteiger charge is 2.51. The van der Waals surface area contributed by atoms with E-state index in [0.29, 0.717) is 19.5 Å². The molecular weight excluding hydrogens is 516 g/mol. The first kappa shape index (κ1) is 26.5. The Morgan fingerprint density at radius 2 is 1.63 bits per heavy atom. The van der Waals surface area contributed by atoms with Gasteiger partial charge in [-0.15, -0.1) is 0 Å². The van der Waals surface area contributed by atoms with E-state index in [1.807, 2.05) is 91.0 Å². The van der Waals surface area contributed by atoms with Crippen LogP contribution in [0.1, 0.15) is 16.7 Å². The van der Waals surface area contributed by atoms with Crippen molar-refractivity contribution in [1.82, 2.24) is 30.1 Å². The van der Waals surface area contributed by atoms with Gasteiger partial charge in [-0.1, -0.05) is 84.9 Å². The molecule has 9 nitrogen and oxygen atoms in total. The van der Waals surface area contributed by atoms with Gasteiger partial charge in [0.25, 0.3) is 0 Å². The van der Waals surface area contributed by atoms with Crippen molar-refractivity contribution in [3.8, 4) is 0 Å². The second-order valence-electron chi connectivity index (χ2n) is 10.5. The summed E-state index contributed by atoms with van der Waals surface area (Å²) in [5.41, 5.74) is 3.74. The summed E-state index contributed by atoms with van der Waals surface area (Å²) < 4.78 is 0. The average Bonchev–Trinajstić information content (AvgIpc) is 3.34. The van der Waals surface area contributed by atoms with E-state index in [-0.39, 0.29) is 30.9 Å². The van der Waals surface area contributed by atoms with Crippen LogP contribution in [-0.2, 0) is 29.1 Å². The minimum Gasteiger partial charge on any atom is -0.333 e. The topological polar surface area (TPSA) is 89.1 Å². The lowest BCUT2D eigenvalue weighted by Gasteiger charge is -2.45. The second-order valence-corrected chi connectivity index (χ2v) is 10.5. The molecule has 0 aliphatic carbocycles. The van der Waals surface area contributed by atoms with Crippen molar-refractivity contribution in [2.75, 3.05) is 20.1 Å². The SMILES string of the molecule is CN(C(=O)NCc1ccccc1)N1CC(=O)N2[C@@H](Cc3ccccc3)C(=O)N(Cc3cccc4cccnc34)C[C@@H]21. The number of carbonyl (C=O) groups excluding carboxylic acids is 3. The Hall–Kier alpha value is -4.76. The van der Waals surface area contributed by atoms with Crippen molar-refractivity contribution in [2.45, 2.75) is 31.7 Å². The normalized spacial score (nSPS) is 19.0. The van der Waals surface area contributed by atoms with Crippen LogP contribution >= 0.6 is 0 Å². The third kappa shape index (κ3) is 5.36. The van der Waals surface area contributed by atoms with Gasteiger partial charge in [-0.05, 0) is 22.8 Å². The minimum atomic E-state index is -0.683. The first-order chi connectivity index (χ1) is 20.0. The fourth-order valence-corrected chi connectivity index (χ4v) is 5.79. The smallest absolute Gasteiger partial charge is 0.332 e. The van der Waals surface area contributed by atoms with Crippen LogP contribution < -0.4 is 5.32 Å². The van der Waals surface area contributed by atoms with E-state index in [1.54, 1.807) is 28.1 Å². The standard InChI is InChI=1S/C32H32N6O3/c1-35(32(41)34-19-24-12-6-3-7-13-24)37-22-29(39)38-27(18-23-10-4-2-5-11-23)31(40)36(21-28(37)38)20-26-15-8-14-25-16-9-17-33-30(25)26/h2-17,27-28H,18-22H2,1H3,(H,34,41)/t27-,28+/m0/s1. The van der Waals surface area contributed by atoms with Crippen LogP contribution in [0.5, 0.6) is 0 Å². The maximum Gasteiger partial charge on any atom is 0.332 e. The summed E-state index contributed by atoms with van der Waals surface area (Å²) in [7, 11) is 1.67. The number of piperazine rings is 1. The maximum absolute atomic E-state index is 14.0. The molecule has 2 saturated heterocycles. The van der Waals surface area contributed by atoms with Gasteiger partial charge in [-0.2, -0.15) is 5.01 Å². The molecule has 2 atom stereocenters. The number of hydrogen-bond acceptors (Lipinski definition) is 5. The molecule has 0 saturated carbocycles. The predicted molar refractivity (Wildman–Crippen MR) is 155 cm³/mol. The minimum absolute atomic E-state index is 0.0160. The van der Waals surface area contributed by atoms with Gasteiger partial charge in [0.05, 0.1) is 18.6 Å². The van der Waals surface area contributed by atoms with Gasteiger partial charge in [0.15, 0.2) is 0 Å². The number of para-hydroxylation sites is 1. The van der Waals surface area contributed by atoms with Gasteiger partial charge < -0.3 is 15.1 Å². The molecule has 208 valence electrons. The van der Waals surface area contributed by atoms with Gasteiger partial charge in [-0.25, -0.2) is 4.79 Å². The summed E-state index contributed by atoms with van der Waals surface area (Å²) in [4.78, 5) is 48.7. The summed E-state index contributed by atoms with van der Waals surface area (Å²) in [6, 6.07) is 28.3. The van der Waals surface area contributed by atoms with E-state index in [4.69, 9.17) is 0 Å². The number of nitrogens with zero attached hydrogens (tertiary/aromatic N) is 5. The summed E-state index contributed by atoms with van der Waals surface area (Å²) in [5.74, 6) is -0.275. The van der Waals surface area contributed by atoms with E-state index in [0.717, 1.165) is 27.6 Å². The highest BCUT2D eigenvalue weighted by molar-refractivity contribution is 5.92. The van der Waals surface area contributed by atoms with Gasteiger partial charge in [0.2, 0.25) is 11.8 Å². The number of aromatic nitrogens is 1. The zero-order chi connectivity index (χ0) is 28.3. The number of carbonyl (C=O) groups is 3. The lowest BCUT2D eigenvalue weighted by atomic mass is 9.99. The zero-order valence-electron chi connectivity index (χ0n) is 22.9. The molecule has 3 heterocycles. The summed E-state index contributed by atoms with van der Waals surface area (Å²) >= 11 is 0. The maximum atomic E-state index is 14.0. The van der Waals surface area contributed by atoms with Crippen LogP contribution in [-0.4, -0.2) is 75.0 Å². The summed E-state index contributed by atoms with van der Waals surface area (Å²) in [6.45, 7) is 1.02. The molecule has 2 aliphatic rings. The van der Waals surface area contributed by atoms with Gasteiger partial charge in [0, 0.05) is 38.1 Å². The van der Waals surface area contributed by atoms with Crippen molar-refractivity contribution in [3.63, 3.8) is 0 Å². The van der Waals surface area contributed by atoms with Gasteiger partial charge in [-0.3, -0.25) is 19.6 Å². The average molecular weight is 549 g/mol. The fourth-order valence-electron chi connectivity index (χ4n) is 5.79. The molecule has 9 heteroatoms. The highest BCUT2D eigenvalue weighted by atomic mass is 16.2. The molecule has 3 aromatic carbocycles. The van der Waals surface area contributed by atoms with Gasteiger partial charge >= 0.3 is 6.03 Å². The van der Waals surface area contributed by atoms with Crippen LogP contribution in [0.2, 0.25) is 0 Å². The van der Waals surface area contributed by atoms with Crippen molar-refractivity contribution in [3.05, 3.63) is 114 Å². The molecule has 0 radical (unpaired) electrons. The number of nitrogens with one attached hydrogen (secondary N) is 1. The van der Waals surface area contributed by atoms with Crippen LogP contribution in [0.15, 0.2) is 97.2 Å². The number of amides is 4. The monoisotopic (exact) mass is 548 g/mol. The first-order valence-corrected chi connectivity index (χ1v) is 13.8. The number of hydrazine groups is 1. The quantitative estimate of drug-likeness (QED) is 0.382.